The summed E-state index contributed by atoms with van der Waals surface area (Å²) in [5, 5.41) is 0. The summed E-state index contributed by atoms with van der Waals surface area (Å²) in [5.41, 5.74) is 1.23. The van der Waals surface area contributed by atoms with Crippen molar-refractivity contribution in [2.75, 3.05) is 0 Å². The molecule has 1 saturated heterocycles. The number of benzene rings is 2. The topological polar surface area (TPSA) is 35.5 Å². The lowest BCUT2D eigenvalue weighted by atomic mass is 9.86. The lowest BCUT2D eigenvalue weighted by Gasteiger charge is -2.29. The molecule has 0 unspecified atom stereocenters. The van der Waals surface area contributed by atoms with Crippen LogP contribution in [0.5, 0.6) is 0 Å². The van der Waals surface area contributed by atoms with Gasteiger partial charge in [-0.1, -0.05) is 80.9 Å². The van der Waals surface area contributed by atoms with Gasteiger partial charge < -0.3 is 9.47 Å². The predicted molar refractivity (Wildman–Crippen MR) is 88.8 cm³/mol. The summed E-state index contributed by atoms with van der Waals surface area (Å²) in [6.45, 7) is 8.02. The maximum Gasteiger partial charge on any atom is 0.350 e. The number of esters is 1. The Hall–Kier alpha value is -2.13. The van der Waals surface area contributed by atoms with Crippen LogP contribution in [0, 0.1) is 12.3 Å². The molecule has 3 nitrogen and oxygen atoms in total. The number of hydrogen-bond donors (Lipinski definition) is 0. The third kappa shape index (κ3) is 2.66. The standard InChI is InChI=1S/C20H22O3/c1-14-10-12-16(13-11-14)20(15-8-6-5-7-9-15)17(21)22-18(23-20)19(2,3)4/h5-13,18H,1-4H3/t18-,20-/m1/s1. The minimum Gasteiger partial charge on any atom is -0.432 e. The number of rotatable bonds is 2. The molecular weight excluding hydrogens is 288 g/mol. The van der Waals surface area contributed by atoms with Crippen LogP contribution in [0.15, 0.2) is 54.6 Å². The number of aryl methyl sites for hydroxylation is 1. The van der Waals surface area contributed by atoms with Crippen LogP contribution in [0.25, 0.3) is 0 Å². The van der Waals surface area contributed by atoms with Gasteiger partial charge in [-0.15, -0.1) is 0 Å². The van der Waals surface area contributed by atoms with E-state index in [1.165, 1.54) is 0 Å². The molecule has 0 radical (unpaired) electrons. The Kier molecular flexibility index (Phi) is 3.77. The first-order valence-corrected chi connectivity index (χ1v) is 7.85. The molecule has 2 atom stereocenters. The van der Waals surface area contributed by atoms with E-state index >= 15 is 0 Å². The lowest BCUT2D eigenvalue weighted by molar-refractivity contribution is -0.155. The van der Waals surface area contributed by atoms with Crippen molar-refractivity contribution in [3.05, 3.63) is 71.3 Å². The van der Waals surface area contributed by atoms with E-state index in [0.717, 1.165) is 16.7 Å². The Morgan fingerprint density at radius 3 is 2.00 bits per heavy atom. The Balaban J connectivity index is 2.16. The molecule has 1 heterocycles. The second-order valence-corrected chi connectivity index (χ2v) is 7.13. The highest BCUT2D eigenvalue weighted by Crippen LogP contribution is 2.45. The van der Waals surface area contributed by atoms with Crippen LogP contribution < -0.4 is 0 Å². The SMILES string of the molecule is Cc1ccc([C@@]2(c3ccccc3)O[C@H](C(C)(C)C)OC2=O)cc1. The van der Waals surface area contributed by atoms with Gasteiger partial charge in [-0.2, -0.15) is 0 Å². The Labute approximate surface area is 137 Å². The summed E-state index contributed by atoms with van der Waals surface area (Å²) in [7, 11) is 0. The van der Waals surface area contributed by atoms with Gasteiger partial charge in [0.1, 0.15) is 0 Å². The van der Waals surface area contributed by atoms with Gasteiger partial charge in [-0.3, -0.25) is 0 Å². The Morgan fingerprint density at radius 1 is 0.913 bits per heavy atom. The largest absolute Gasteiger partial charge is 0.432 e. The molecule has 0 spiro atoms. The molecule has 0 aliphatic carbocycles. The van der Waals surface area contributed by atoms with Gasteiger partial charge in [-0.05, 0) is 18.1 Å². The maximum absolute atomic E-state index is 12.9. The fourth-order valence-corrected chi connectivity index (χ4v) is 2.77. The summed E-state index contributed by atoms with van der Waals surface area (Å²) in [4.78, 5) is 12.9. The van der Waals surface area contributed by atoms with E-state index in [1.54, 1.807) is 0 Å². The van der Waals surface area contributed by atoms with Gasteiger partial charge >= 0.3 is 5.97 Å². The molecule has 3 heteroatoms. The minimum atomic E-state index is -1.20. The minimum absolute atomic E-state index is 0.295. The van der Waals surface area contributed by atoms with Gasteiger partial charge in [0.05, 0.1) is 0 Å². The zero-order valence-corrected chi connectivity index (χ0v) is 14.0. The second-order valence-electron chi connectivity index (χ2n) is 7.13. The van der Waals surface area contributed by atoms with Gasteiger partial charge in [0.2, 0.25) is 11.9 Å². The van der Waals surface area contributed by atoms with E-state index in [2.05, 4.69) is 0 Å². The molecule has 23 heavy (non-hydrogen) atoms. The Bertz CT molecular complexity index is 698. The van der Waals surface area contributed by atoms with Crippen LogP contribution in [-0.2, 0) is 19.9 Å². The third-order valence-electron chi connectivity index (χ3n) is 4.13. The molecule has 0 amide bonds. The summed E-state index contributed by atoms with van der Waals surface area (Å²) in [5.74, 6) is -0.354. The molecule has 0 saturated carbocycles. The number of cyclic esters (lactones) is 1. The number of carbonyl (C=O) groups is 1. The Morgan fingerprint density at radius 2 is 1.48 bits per heavy atom. The fourth-order valence-electron chi connectivity index (χ4n) is 2.77. The first kappa shape index (κ1) is 15.8. The number of hydrogen-bond acceptors (Lipinski definition) is 3. The van der Waals surface area contributed by atoms with Crippen molar-refractivity contribution in [1.82, 2.24) is 0 Å². The average molecular weight is 310 g/mol. The van der Waals surface area contributed by atoms with Gasteiger partial charge in [0.15, 0.2) is 0 Å². The lowest BCUT2D eigenvalue weighted by Crippen LogP contribution is -2.36. The second kappa shape index (κ2) is 5.50. The molecule has 0 bridgehead atoms. The van der Waals surface area contributed by atoms with E-state index in [-0.39, 0.29) is 11.4 Å². The summed E-state index contributed by atoms with van der Waals surface area (Å²) in [6.07, 6.45) is -0.587. The normalized spacial score (nSPS) is 24.5. The fraction of sp³-hybridized carbons (Fsp3) is 0.350. The highest BCUT2D eigenvalue weighted by Gasteiger charge is 2.55. The molecular formula is C20H22O3. The third-order valence-corrected chi connectivity index (χ3v) is 4.13. The van der Waals surface area contributed by atoms with Crippen LogP contribution in [0.1, 0.15) is 37.5 Å². The van der Waals surface area contributed by atoms with Crippen molar-refractivity contribution in [3.63, 3.8) is 0 Å². The molecule has 2 aromatic rings. The molecule has 2 aromatic carbocycles. The van der Waals surface area contributed by atoms with Crippen molar-refractivity contribution < 1.29 is 14.3 Å². The van der Waals surface area contributed by atoms with Gasteiger partial charge in [0.25, 0.3) is 0 Å². The molecule has 3 rings (SSSR count). The maximum atomic E-state index is 12.9. The first-order valence-electron chi connectivity index (χ1n) is 7.85. The summed E-state index contributed by atoms with van der Waals surface area (Å²) < 4.78 is 11.9. The molecule has 0 N–H and O–H groups in total. The predicted octanol–water partition coefficient (Wildman–Crippen LogP) is 4.18. The zero-order valence-electron chi connectivity index (χ0n) is 14.0. The van der Waals surface area contributed by atoms with Crippen LogP contribution in [0.2, 0.25) is 0 Å². The molecule has 0 aromatic heterocycles. The van der Waals surface area contributed by atoms with Gasteiger partial charge in [0, 0.05) is 5.41 Å². The van der Waals surface area contributed by atoms with Crippen molar-refractivity contribution in [2.24, 2.45) is 5.41 Å². The van der Waals surface area contributed by atoms with E-state index in [9.17, 15) is 4.79 Å². The van der Waals surface area contributed by atoms with Crippen LogP contribution in [0.3, 0.4) is 0 Å². The van der Waals surface area contributed by atoms with Crippen molar-refractivity contribution in [3.8, 4) is 0 Å². The molecule has 1 aliphatic heterocycles. The zero-order chi connectivity index (χ0) is 16.7. The smallest absolute Gasteiger partial charge is 0.350 e. The van der Waals surface area contributed by atoms with Gasteiger partial charge in [-0.25, -0.2) is 4.79 Å². The van der Waals surface area contributed by atoms with Crippen molar-refractivity contribution in [1.29, 1.82) is 0 Å². The van der Waals surface area contributed by atoms with Crippen LogP contribution in [-0.4, -0.2) is 12.3 Å². The highest BCUT2D eigenvalue weighted by molar-refractivity contribution is 5.87. The van der Waals surface area contributed by atoms with E-state index in [0.29, 0.717) is 0 Å². The molecule has 120 valence electrons. The highest BCUT2D eigenvalue weighted by atomic mass is 16.8. The average Bonchev–Trinajstić information content (AvgIpc) is 2.88. The van der Waals surface area contributed by atoms with Crippen molar-refractivity contribution in [2.45, 2.75) is 39.6 Å². The number of ether oxygens (including phenoxy) is 2. The first-order chi connectivity index (χ1) is 10.8. The number of carbonyl (C=O) groups excluding carboxylic acids is 1. The quantitative estimate of drug-likeness (QED) is 0.780. The van der Waals surface area contributed by atoms with E-state index in [1.807, 2.05) is 82.3 Å². The van der Waals surface area contributed by atoms with Crippen LogP contribution >= 0.6 is 0 Å². The van der Waals surface area contributed by atoms with Crippen LogP contribution in [0.4, 0.5) is 0 Å². The van der Waals surface area contributed by atoms with Crippen molar-refractivity contribution >= 4 is 5.97 Å². The van der Waals surface area contributed by atoms with E-state index < -0.39 is 11.9 Å². The monoisotopic (exact) mass is 310 g/mol. The molecule has 1 fully saturated rings. The molecule has 1 aliphatic rings. The van der Waals surface area contributed by atoms with E-state index in [4.69, 9.17) is 9.47 Å². The summed E-state index contributed by atoms with van der Waals surface area (Å²) >= 11 is 0. The summed E-state index contributed by atoms with van der Waals surface area (Å²) in [6, 6.07) is 17.4.